The number of halogens is 3. The molecule has 13 heavy (non-hydrogen) atoms. The maximum Gasteiger partial charge on any atom is 0.315 e. The van der Waals surface area contributed by atoms with E-state index in [1.165, 1.54) is 0 Å². The number of amides is 1. The van der Waals surface area contributed by atoms with Crippen molar-refractivity contribution in [2.24, 2.45) is 0 Å². The van der Waals surface area contributed by atoms with E-state index >= 15 is 0 Å². The van der Waals surface area contributed by atoms with Crippen LogP contribution < -0.4 is 0 Å². The maximum absolute atomic E-state index is 13.2. The van der Waals surface area contributed by atoms with Crippen LogP contribution in [0.5, 0.6) is 0 Å². The van der Waals surface area contributed by atoms with E-state index in [0.717, 1.165) is 4.90 Å². The second-order valence-electron chi connectivity index (χ2n) is 3.12. The molecular weight excluding hydrogens is 187 g/mol. The topological polar surface area (TPSA) is 40.5 Å². The molecule has 3 nitrogen and oxygen atoms in total. The van der Waals surface area contributed by atoms with Gasteiger partial charge in [-0.15, -0.1) is 0 Å². The summed E-state index contributed by atoms with van der Waals surface area (Å²) in [5.74, 6) is -1.37. The van der Waals surface area contributed by atoms with Crippen LogP contribution in [-0.2, 0) is 4.79 Å². The van der Waals surface area contributed by atoms with Gasteiger partial charge in [-0.25, -0.2) is 4.39 Å². The van der Waals surface area contributed by atoms with E-state index in [2.05, 4.69) is 0 Å². The lowest BCUT2D eigenvalue weighted by atomic mass is 10.1. The summed E-state index contributed by atoms with van der Waals surface area (Å²) in [6.45, 7) is -1.23. The minimum Gasteiger partial charge on any atom is -0.393 e. The minimum absolute atomic E-state index is 0.0553. The lowest BCUT2D eigenvalue weighted by Gasteiger charge is -2.18. The number of carbonyl (C=O) groups is 1. The first-order valence-corrected chi connectivity index (χ1v) is 3.85. The highest BCUT2D eigenvalue weighted by Gasteiger charge is 2.41. The molecular formula is C7H10F3NO2. The Hall–Kier alpha value is -0.780. The standard InChI is InChI=1S/C7H10F3NO2/c8-5(9)6(13)11-2-1-7(10,3-11)4-12/h5,12H,1-4H2. The van der Waals surface area contributed by atoms with E-state index < -0.39 is 31.2 Å². The van der Waals surface area contributed by atoms with Crippen molar-refractivity contribution >= 4 is 5.91 Å². The van der Waals surface area contributed by atoms with Crippen LogP contribution in [0.15, 0.2) is 0 Å². The van der Waals surface area contributed by atoms with E-state index in [1.54, 1.807) is 0 Å². The van der Waals surface area contributed by atoms with E-state index in [0.29, 0.717) is 0 Å². The fourth-order valence-corrected chi connectivity index (χ4v) is 1.29. The van der Waals surface area contributed by atoms with E-state index in [4.69, 9.17) is 5.11 Å². The number of aliphatic hydroxyl groups is 1. The van der Waals surface area contributed by atoms with E-state index in [9.17, 15) is 18.0 Å². The van der Waals surface area contributed by atoms with Gasteiger partial charge < -0.3 is 10.0 Å². The van der Waals surface area contributed by atoms with Crippen molar-refractivity contribution < 1.29 is 23.1 Å². The first-order valence-electron chi connectivity index (χ1n) is 3.85. The Kier molecular flexibility index (Phi) is 2.80. The highest BCUT2D eigenvalue weighted by molar-refractivity contribution is 5.79. The van der Waals surface area contributed by atoms with Gasteiger partial charge in [0.05, 0.1) is 13.2 Å². The van der Waals surface area contributed by atoms with Crippen LogP contribution >= 0.6 is 0 Å². The van der Waals surface area contributed by atoms with Crippen molar-refractivity contribution in [2.45, 2.75) is 18.5 Å². The SMILES string of the molecule is O=C(C(F)F)N1CCC(F)(CO)C1. The third kappa shape index (κ3) is 2.12. The normalized spacial score (nSPS) is 28.5. The quantitative estimate of drug-likeness (QED) is 0.686. The van der Waals surface area contributed by atoms with Crippen LogP contribution in [0, 0.1) is 0 Å². The number of likely N-dealkylation sites (tertiary alicyclic amines) is 1. The van der Waals surface area contributed by atoms with Gasteiger partial charge in [-0.05, 0) is 0 Å². The van der Waals surface area contributed by atoms with Gasteiger partial charge in [0.1, 0.15) is 0 Å². The molecule has 0 bridgehead atoms. The second kappa shape index (κ2) is 3.53. The lowest BCUT2D eigenvalue weighted by Crippen LogP contribution is -2.38. The predicted octanol–water partition coefficient (Wildman–Crippen LogP) is 0.184. The Morgan fingerprint density at radius 2 is 2.23 bits per heavy atom. The number of alkyl halides is 3. The van der Waals surface area contributed by atoms with Gasteiger partial charge in [0.25, 0.3) is 5.91 Å². The average Bonchev–Trinajstić information content (AvgIpc) is 2.47. The Labute approximate surface area is 73.1 Å². The number of nitrogens with zero attached hydrogens (tertiary/aromatic N) is 1. The summed E-state index contributed by atoms with van der Waals surface area (Å²) in [4.78, 5) is 11.4. The van der Waals surface area contributed by atoms with Crippen molar-refractivity contribution in [3.8, 4) is 0 Å². The number of aliphatic hydroxyl groups excluding tert-OH is 1. The van der Waals surface area contributed by atoms with E-state index in [1.807, 2.05) is 0 Å². The number of hydrogen-bond acceptors (Lipinski definition) is 2. The zero-order chi connectivity index (χ0) is 10.1. The van der Waals surface area contributed by atoms with Crippen LogP contribution in [0.1, 0.15) is 6.42 Å². The second-order valence-corrected chi connectivity index (χ2v) is 3.12. The van der Waals surface area contributed by atoms with E-state index in [-0.39, 0.29) is 13.0 Å². The van der Waals surface area contributed by atoms with Crippen LogP contribution in [-0.4, -0.2) is 47.7 Å². The molecule has 6 heteroatoms. The third-order valence-corrected chi connectivity index (χ3v) is 2.09. The van der Waals surface area contributed by atoms with Gasteiger partial charge in [-0.1, -0.05) is 0 Å². The summed E-state index contributed by atoms with van der Waals surface area (Å²) in [6.07, 6.45) is -3.18. The summed E-state index contributed by atoms with van der Waals surface area (Å²) in [5.41, 5.74) is -1.90. The van der Waals surface area contributed by atoms with Crippen LogP contribution in [0.2, 0.25) is 0 Å². The summed E-state index contributed by atoms with van der Waals surface area (Å²) in [6, 6.07) is 0. The van der Waals surface area contributed by atoms with Crippen LogP contribution in [0.3, 0.4) is 0 Å². The molecule has 0 aromatic carbocycles. The molecule has 1 rings (SSSR count). The fraction of sp³-hybridized carbons (Fsp3) is 0.857. The zero-order valence-electron chi connectivity index (χ0n) is 6.84. The van der Waals surface area contributed by atoms with Crippen molar-refractivity contribution in [1.82, 2.24) is 4.90 Å². The molecule has 1 saturated heterocycles. The smallest absolute Gasteiger partial charge is 0.315 e. The fourth-order valence-electron chi connectivity index (χ4n) is 1.29. The van der Waals surface area contributed by atoms with Gasteiger partial charge in [0.2, 0.25) is 0 Å². The Morgan fingerprint density at radius 3 is 2.62 bits per heavy atom. The molecule has 1 fully saturated rings. The monoisotopic (exact) mass is 197 g/mol. The molecule has 1 aliphatic heterocycles. The van der Waals surface area contributed by atoms with Gasteiger partial charge in [-0.3, -0.25) is 4.79 Å². The highest BCUT2D eigenvalue weighted by atomic mass is 19.3. The summed E-state index contributed by atoms with van der Waals surface area (Å²) in [5, 5.41) is 8.56. The molecule has 0 aromatic rings. The summed E-state index contributed by atoms with van der Waals surface area (Å²) >= 11 is 0. The summed E-state index contributed by atoms with van der Waals surface area (Å²) < 4.78 is 36.9. The largest absolute Gasteiger partial charge is 0.393 e. The molecule has 1 unspecified atom stereocenters. The molecule has 0 saturated carbocycles. The van der Waals surface area contributed by atoms with Crippen LogP contribution in [0.25, 0.3) is 0 Å². The van der Waals surface area contributed by atoms with Crippen molar-refractivity contribution in [3.05, 3.63) is 0 Å². The Balaban J connectivity index is 2.55. The lowest BCUT2D eigenvalue weighted by molar-refractivity contribution is -0.142. The zero-order valence-corrected chi connectivity index (χ0v) is 6.84. The Bertz CT molecular complexity index is 212. The van der Waals surface area contributed by atoms with Crippen molar-refractivity contribution in [2.75, 3.05) is 19.7 Å². The van der Waals surface area contributed by atoms with Crippen molar-refractivity contribution in [1.29, 1.82) is 0 Å². The molecule has 0 aliphatic carbocycles. The maximum atomic E-state index is 13.2. The number of rotatable bonds is 2. The molecule has 1 N–H and O–H groups in total. The van der Waals surface area contributed by atoms with Gasteiger partial charge >= 0.3 is 6.43 Å². The first-order chi connectivity index (χ1) is 5.98. The van der Waals surface area contributed by atoms with Gasteiger partial charge in [0.15, 0.2) is 5.67 Å². The molecule has 76 valence electrons. The van der Waals surface area contributed by atoms with Gasteiger partial charge in [0, 0.05) is 13.0 Å². The summed E-state index contributed by atoms with van der Waals surface area (Å²) in [7, 11) is 0. The number of carbonyl (C=O) groups excluding carboxylic acids is 1. The van der Waals surface area contributed by atoms with Crippen molar-refractivity contribution in [3.63, 3.8) is 0 Å². The molecule has 1 atom stereocenters. The average molecular weight is 197 g/mol. The molecule has 1 heterocycles. The Morgan fingerprint density at radius 1 is 1.62 bits per heavy atom. The predicted molar refractivity (Wildman–Crippen MR) is 38.1 cm³/mol. The van der Waals surface area contributed by atoms with Crippen LogP contribution in [0.4, 0.5) is 13.2 Å². The van der Waals surface area contributed by atoms with Gasteiger partial charge in [-0.2, -0.15) is 8.78 Å². The molecule has 0 spiro atoms. The molecule has 1 aliphatic rings. The molecule has 0 aromatic heterocycles. The number of hydrogen-bond donors (Lipinski definition) is 1. The molecule has 0 radical (unpaired) electrons. The highest BCUT2D eigenvalue weighted by Crippen LogP contribution is 2.25. The molecule has 1 amide bonds. The third-order valence-electron chi connectivity index (χ3n) is 2.09. The minimum atomic E-state index is -3.10. The first kappa shape index (κ1) is 10.3.